The van der Waals surface area contributed by atoms with Crippen molar-refractivity contribution in [3.05, 3.63) is 41.7 Å². The number of carboxylic acids is 1. The van der Waals surface area contributed by atoms with Crippen LogP contribution in [0.4, 0.5) is 5.95 Å². The summed E-state index contributed by atoms with van der Waals surface area (Å²) in [7, 11) is 0. The number of nitrogens with one attached hydrogen (secondary N) is 1. The Morgan fingerprint density at radius 1 is 1.21 bits per heavy atom. The SMILES string of the molecule is CC(=O)Nc1nc2n(n1)CC(N1CCC(Cc3ccccc3)CC1)CC2C(=O)O. The van der Waals surface area contributed by atoms with Gasteiger partial charge in [-0.25, -0.2) is 4.68 Å². The minimum absolute atomic E-state index is 0.119. The first-order chi connectivity index (χ1) is 14.0. The molecule has 0 saturated carbocycles. The fraction of sp³-hybridized carbons (Fsp3) is 0.524. The van der Waals surface area contributed by atoms with Crippen LogP contribution in [-0.2, 0) is 22.6 Å². The molecule has 1 aromatic carbocycles. The first kappa shape index (κ1) is 19.6. The summed E-state index contributed by atoms with van der Waals surface area (Å²) in [6.45, 7) is 3.93. The molecule has 0 radical (unpaired) electrons. The predicted octanol–water partition coefficient (Wildman–Crippen LogP) is 2.13. The van der Waals surface area contributed by atoms with Crippen LogP contribution in [0.25, 0.3) is 0 Å². The fourth-order valence-electron chi connectivity index (χ4n) is 4.55. The minimum Gasteiger partial charge on any atom is -0.481 e. The molecular weight excluding hydrogens is 370 g/mol. The maximum atomic E-state index is 11.8. The van der Waals surface area contributed by atoms with Crippen LogP contribution < -0.4 is 5.32 Å². The predicted molar refractivity (Wildman–Crippen MR) is 108 cm³/mol. The molecule has 3 heterocycles. The summed E-state index contributed by atoms with van der Waals surface area (Å²) < 4.78 is 1.66. The second kappa shape index (κ2) is 8.32. The standard InChI is InChI=1S/C21H27N5O3/c1-14(27)22-21-23-19-18(20(28)29)12-17(13-26(19)24-21)25-9-7-16(8-10-25)11-15-5-3-2-4-6-15/h2-6,16-18H,7-13H2,1H3,(H,28,29)(H,22,24,27). The molecule has 2 atom stereocenters. The van der Waals surface area contributed by atoms with E-state index in [1.807, 2.05) is 6.07 Å². The van der Waals surface area contributed by atoms with Crippen molar-refractivity contribution >= 4 is 17.8 Å². The number of carbonyl (C=O) groups is 2. The van der Waals surface area contributed by atoms with Gasteiger partial charge in [0.15, 0.2) is 0 Å². The summed E-state index contributed by atoms with van der Waals surface area (Å²) in [5.41, 5.74) is 1.38. The van der Waals surface area contributed by atoms with E-state index in [9.17, 15) is 14.7 Å². The molecule has 2 unspecified atom stereocenters. The molecule has 0 bridgehead atoms. The number of rotatable bonds is 5. The zero-order valence-corrected chi connectivity index (χ0v) is 16.6. The number of anilines is 1. The van der Waals surface area contributed by atoms with Crippen LogP contribution in [0.3, 0.4) is 0 Å². The van der Waals surface area contributed by atoms with Gasteiger partial charge in [-0.05, 0) is 50.3 Å². The van der Waals surface area contributed by atoms with Crippen LogP contribution in [-0.4, -0.2) is 55.8 Å². The van der Waals surface area contributed by atoms with Crippen molar-refractivity contribution in [2.24, 2.45) is 5.92 Å². The van der Waals surface area contributed by atoms with Gasteiger partial charge in [-0.15, -0.1) is 5.10 Å². The second-order valence-corrected chi connectivity index (χ2v) is 8.11. The lowest BCUT2D eigenvalue weighted by Gasteiger charge is -2.40. The smallest absolute Gasteiger partial charge is 0.314 e. The van der Waals surface area contributed by atoms with E-state index in [2.05, 4.69) is 44.6 Å². The summed E-state index contributed by atoms with van der Waals surface area (Å²) in [4.78, 5) is 29.8. The maximum Gasteiger partial charge on any atom is 0.314 e. The number of likely N-dealkylation sites (tertiary alicyclic amines) is 1. The third-order valence-electron chi connectivity index (χ3n) is 6.02. The highest BCUT2D eigenvalue weighted by Crippen LogP contribution is 2.32. The normalized spacial score (nSPS) is 22.8. The van der Waals surface area contributed by atoms with Crippen molar-refractivity contribution in [3.8, 4) is 0 Å². The Balaban J connectivity index is 1.41. The van der Waals surface area contributed by atoms with E-state index >= 15 is 0 Å². The summed E-state index contributed by atoms with van der Waals surface area (Å²) in [6.07, 6.45) is 3.86. The Kier molecular flexibility index (Phi) is 5.62. The Morgan fingerprint density at radius 3 is 2.59 bits per heavy atom. The second-order valence-electron chi connectivity index (χ2n) is 8.11. The number of carbonyl (C=O) groups excluding carboxylic acids is 1. The number of amides is 1. The molecule has 8 heteroatoms. The van der Waals surface area contributed by atoms with Crippen LogP contribution >= 0.6 is 0 Å². The van der Waals surface area contributed by atoms with Gasteiger partial charge in [0, 0.05) is 13.0 Å². The molecule has 8 nitrogen and oxygen atoms in total. The molecule has 29 heavy (non-hydrogen) atoms. The highest BCUT2D eigenvalue weighted by molar-refractivity contribution is 5.86. The van der Waals surface area contributed by atoms with Gasteiger partial charge in [0.1, 0.15) is 11.7 Å². The van der Waals surface area contributed by atoms with Crippen molar-refractivity contribution in [3.63, 3.8) is 0 Å². The van der Waals surface area contributed by atoms with E-state index < -0.39 is 11.9 Å². The maximum absolute atomic E-state index is 11.8. The molecule has 0 spiro atoms. The fourth-order valence-corrected chi connectivity index (χ4v) is 4.55. The number of aromatic nitrogens is 3. The number of benzene rings is 1. The Labute approximate surface area is 169 Å². The molecule has 0 aliphatic carbocycles. The first-order valence-electron chi connectivity index (χ1n) is 10.2. The van der Waals surface area contributed by atoms with E-state index in [1.54, 1.807) is 4.68 Å². The van der Waals surface area contributed by atoms with Crippen LogP contribution in [0.1, 0.15) is 43.5 Å². The van der Waals surface area contributed by atoms with E-state index in [4.69, 9.17) is 0 Å². The monoisotopic (exact) mass is 397 g/mol. The van der Waals surface area contributed by atoms with Gasteiger partial charge in [0.25, 0.3) is 0 Å². The molecule has 2 aliphatic heterocycles. The van der Waals surface area contributed by atoms with Gasteiger partial charge in [0.05, 0.1) is 6.54 Å². The number of fused-ring (bicyclic) bond motifs is 1. The van der Waals surface area contributed by atoms with Gasteiger partial charge >= 0.3 is 5.97 Å². The highest BCUT2D eigenvalue weighted by Gasteiger charge is 2.38. The quantitative estimate of drug-likeness (QED) is 0.802. The summed E-state index contributed by atoms with van der Waals surface area (Å²) in [6, 6.07) is 10.7. The van der Waals surface area contributed by atoms with E-state index in [0.717, 1.165) is 32.4 Å². The van der Waals surface area contributed by atoms with Crippen molar-refractivity contribution in [1.29, 1.82) is 0 Å². The lowest BCUT2D eigenvalue weighted by atomic mass is 9.87. The number of hydrogen-bond acceptors (Lipinski definition) is 5. The van der Waals surface area contributed by atoms with E-state index in [0.29, 0.717) is 24.7 Å². The van der Waals surface area contributed by atoms with Gasteiger partial charge in [-0.1, -0.05) is 30.3 Å². The zero-order valence-electron chi connectivity index (χ0n) is 16.6. The number of nitrogens with zero attached hydrogens (tertiary/aromatic N) is 4. The number of carboxylic acid groups (broad SMARTS) is 1. The number of piperidine rings is 1. The molecule has 1 amide bonds. The Hall–Kier alpha value is -2.74. The van der Waals surface area contributed by atoms with Crippen LogP contribution in [0.2, 0.25) is 0 Å². The van der Waals surface area contributed by atoms with Crippen LogP contribution in [0.5, 0.6) is 0 Å². The van der Waals surface area contributed by atoms with Gasteiger partial charge in [-0.3, -0.25) is 19.8 Å². The van der Waals surface area contributed by atoms with Crippen molar-refractivity contribution in [2.45, 2.75) is 51.1 Å². The average Bonchev–Trinajstić information content (AvgIpc) is 3.10. The third-order valence-corrected chi connectivity index (χ3v) is 6.02. The van der Waals surface area contributed by atoms with E-state index in [1.165, 1.54) is 12.5 Å². The molecule has 154 valence electrons. The summed E-state index contributed by atoms with van der Waals surface area (Å²) in [5.74, 6) is -0.586. The van der Waals surface area contributed by atoms with E-state index in [-0.39, 0.29) is 17.9 Å². The summed E-state index contributed by atoms with van der Waals surface area (Å²) in [5, 5.41) is 16.6. The van der Waals surface area contributed by atoms with Crippen LogP contribution in [0, 0.1) is 5.92 Å². The highest BCUT2D eigenvalue weighted by atomic mass is 16.4. The Morgan fingerprint density at radius 2 is 1.93 bits per heavy atom. The minimum atomic E-state index is -0.892. The lowest BCUT2D eigenvalue weighted by Crippen LogP contribution is -2.47. The summed E-state index contributed by atoms with van der Waals surface area (Å²) >= 11 is 0. The largest absolute Gasteiger partial charge is 0.481 e. The van der Waals surface area contributed by atoms with Gasteiger partial charge in [0.2, 0.25) is 11.9 Å². The first-order valence-corrected chi connectivity index (χ1v) is 10.2. The molecule has 2 N–H and O–H groups in total. The Bertz CT molecular complexity index is 874. The zero-order chi connectivity index (χ0) is 20.4. The van der Waals surface area contributed by atoms with Gasteiger partial charge < -0.3 is 5.11 Å². The third kappa shape index (κ3) is 4.48. The van der Waals surface area contributed by atoms with Crippen molar-refractivity contribution < 1.29 is 14.7 Å². The topological polar surface area (TPSA) is 100 Å². The molecule has 1 fully saturated rings. The molecule has 2 aliphatic rings. The lowest BCUT2D eigenvalue weighted by molar-refractivity contribution is -0.140. The molecule has 4 rings (SSSR count). The van der Waals surface area contributed by atoms with Crippen molar-refractivity contribution in [1.82, 2.24) is 19.7 Å². The van der Waals surface area contributed by atoms with Gasteiger partial charge in [-0.2, -0.15) is 4.98 Å². The molecular formula is C21H27N5O3. The van der Waals surface area contributed by atoms with Crippen LogP contribution in [0.15, 0.2) is 30.3 Å². The molecule has 2 aromatic rings. The average molecular weight is 397 g/mol. The molecule has 1 saturated heterocycles. The van der Waals surface area contributed by atoms with Crippen molar-refractivity contribution in [2.75, 3.05) is 18.4 Å². The number of aliphatic carboxylic acids is 1. The number of hydrogen-bond donors (Lipinski definition) is 2. The molecule has 1 aromatic heterocycles.